The highest BCUT2D eigenvalue weighted by Gasteiger charge is 2.29. The van der Waals surface area contributed by atoms with Gasteiger partial charge in [-0.15, -0.1) is 0 Å². The molecule has 2 aromatic carbocycles. The van der Waals surface area contributed by atoms with Crippen LogP contribution in [-0.2, 0) is 16.4 Å². The van der Waals surface area contributed by atoms with Crippen LogP contribution in [0.1, 0.15) is 24.8 Å². The zero-order valence-electron chi connectivity index (χ0n) is 15.1. The molecule has 0 aliphatic carbocycles. The predicted molar refractivity (Wildman–Crippen MR) is 102 cm³/mol. The van der Waals surface area contributed by atoms with Crippen LogP contribution in [0.5, 0.6) is 11.5 Å². The van der Waals surface area contributed by atoms with E-state index in [2.05, 4.69) is 0 Å². The van der Waals surface area contributed by atoms with E-state index in [4.69, 9.17) is 10.00 Å². The van der Waals surface area contributed by atoms with Gasteiger partial charge < -0.3 is 4.74 Å². The lowest BCUT2D eigenvalue weighted by Gasteiger charge is -2.25. The standard InChI is InChI=1S/C19H19N3O5S/c20-11-10-15-4-6-16(7-5-15)27-19-9-8-17(14-18(19)22(23)24)28(25,26)21-12-2-1-3-13-21/h4-9,14H,1-3,10,12-13H2. The first-order valence-electron chi connectivity index (χ1n) is 8.84. The van der Waals surface area contributed by atoms with Crippen LogP contribution >= 0.6 is 0 Å². The molecule has 1 saturated heterocycles. The summed E-state index contributed by atoms with van der Waals surface area (Å²) in [5.74, 6) is 0.312. The van der Waals surface area contributed by atoms with Crippen molar-refractivity contribution in [1.29, 1.82) is 5.26 Å². The van der Waals surface area contributed by atoms with Crippen LogP contribution in [0.4, 0.5) is 5.69 Å². The summed E-state index contributed by atoms with van der Waals surface area (Å²) in [5.41, 5.74) is 0.381. The first-order chi connectivity index (χ1) is 13.4. The molecule has 0 atom stereocenters. The van der Waals surface area contributed by atoms with Crippen LogP contribution in [0.2, 0.25) is 0 Å². The Bertz CT molecular complexity index is 1010. The Labute approximate surface area is 163 Å². The number of nitrogens with zero attached hydrogens (tertiary/aromatic N) is 3. The zero-order chi connectivity index (χ0) is 20.1. The summed E-state index contributed by atoms with van der Waals surface area (Å²) in [6.07, 6.45) is 2.80. The molecule has 0 saturated carbocycles. The SMILES string of the molecule is N#CCc1ccc(Oc2ccc(S(=O)(=O)N3CCCCC3)cc2[N+](=O)[O-])cc1. The largest absolute Gasteiger partial charge is 0.450 e. The van der Waals surface area contributed by atoms with Crippen LogP contribution in [0.3, 0.4) is 0 Å². The van der Waals surface area contributed by atoms with E-state index >= 15 is 0 Å². The summed E-state index contributed by atoms with van der Waals surface area (Å²) < 4.78 is 32.5. The predicted octanol–water partition coefficient (Wildman–Crippen LogP) is 3.63. The summed E-state index contributed by atoms with van der Waals surface area (Å²) >= 11 is 0. The van der Waals surface area contributed by atoms with Crippen LogP contribution in [0.15, 0.2) is 47.4 Å². The van der Waals surface area contributed by atoms with E-state index in [9.17, 15) is 18.5 Å². The van der Waals surface area contributed by atoms with Gasteiger partial charge in [0.15, 0.2) is 0 Å². The normalized spacial score (nSPS) is 15.0. The average Bonchev–Trinajstić information content (AvgIpc) is 2.70. The van der Waals surface area contributed by atoms with Gasteiger partial charge in [-0.25, -0.2) is 8.42 Å². The van der Waals surface area contributed by atoms with Gasteiger partial charge in [-0.1, -0.05) is 18.6 Å². The van der Waals surface area contributed by atoms with E-state index in [1.54, 1.807) is 24.3 Å². The number of sulfonamides is 1. The van der Waals surface area contributed by atoms with Crippen molar-refractivity contribution in [3.05, 3.63) is 58.1 Å². The maximum atomic E-state index is 12.8. The van der Waals surface area contributed by atoms with Crippen molar-refractivity contribution in [2.75, 3.05) is 13.1 Å². The number of nitro groups is 1. The number of nitriles is 1. The first-order valence-corrected chi connectivity index (χ1v) is 10.3. The number of piperidine rings is 1. The quantitative estimate of drug-likeness (QED) is 0.539. The van der Waals surface area contributed by atoms with Gasteiger partial charge in [0.1, 0.15) is 5.75 Å². The summed E-state index contributed by atoms with van der Waals surface area (Å²) in [7, 11) is -3.78. The van der Waals surface area contributed by atoms with Crippen molar-refractivity contribution < 1.29 is 18.1 Å². The molecule has 1 fully saturated rings. The molecule has 146 valence electrons. The molecule has 0 aromatic heterocycles. The molecule has 8 nitrogen and oxygen atoms in total. The summed E-state index contributed by atoms with van der Waals surface area (Å²) in [6.45, 7) is 0.840. The molecule has 2 aromatic rings. The van der Waals surface area contributed by atoms with Gasteiger partial charge >= 0.3 is 5.69 Å². The van der Waals surface area contributed by atoms with Crippen molar-refractivity contribution >= 4 is 15.7 Å². The molecule has 0 spiro atoms. The molecule has 1 aliphatic heterocycles. The lowest BCUT2D eigenvalue weighted by atomic mass is 10.2. The van der Waals surface area contributed by atoms with E-state index in [-0.39, 0.29) is 17.1 Å². The Hall–Kier alpha value is -2.96. The molecule has 28 heavy (non-hydrogen) atoms. The minimum atomic E-state index is -3.78. The fraction of sp³-hybridized carbons (Fsp3) is 0.316. The smallest absolute Gasteiger partial charge is 0.312 e. The topological polar surface area (TPSA) is 114 Å². The number of hydrogen-bond acceptors (Lipinski definition) is 6. The van der Waals surface area contributed by atoms with Crippen molar-refractivity contribution in [3.63, 3.8) is 0 Å². The van der Waals surface area contributed by atoms with Gasteiger partial charge in [0.05, 0.1) is 22.3 Å². The lowest BCUT2D eigenvalue weighted by Crippen LogP contribution is -2.35. The van der Waals surface area contributed by atoms with Crippen LogP contribution in [0, 0.1) is 21.4 Å². The molecule has 0 bridgehead atoms. The molecule has 1 heterocycles. The van der Waals surface area contributed by atoms with Gasteiger partial charge in [-0.3, -0.25) is 10.1 Å². The monoisotopic (exact) mass is 401 g/mol. The number of benzene rings is 2. The van der Waals surface area contributed by atoms with Crippen LogP contribution in [0.25, 0.3) is 0 Å². The molecule has 0 N–H and O–H groups in total. The number of hydrogen-bond donors (Lipinski definition) is 0. The molecule has 0 unspecified atom stereocenters. The second-order valence-electron chi connectivity index (χ2n) is 6.43. The zero-order valence-corrected chi connectivity index (χ0v) is 15.9. The third kappa shape index (κ3) is 4.30. The van der Waals surface area contributed by atoms with Gasteiger partial charge in [0.2, 0.25) is 15.8 Å². The highest BCUT2D eigenvalue weighted by atomic mass is 32.2. The molecular weight excluding hydrogens is 382 g/mol. The van der Waals surface area contributed by atoms with E-state index in [1.807, 2.05) is 6.07 Å². The number of nitro benzene ring substituents is 1. The lowest BCUT2D eigenvalue weighted by molar-refractivity contribution is -0.385. The van der Waals surface area contributed by atoms with Crippen LogP contribution < -0.4 is 4.74 Å². The Morgan fingerprint density at radius 3 is 2.39 bits per heavy atom. The molecule has 0 radical (unpaired) electrons. The summed E-state index contributed by atoms with van der Waals surface area (Å²) in [5, 5.41) is 20.2. The average molecular weight is 401 g/mol. The van der Waals surface area contributed by atoms with Gasteiger partial charge in [0, 0.05) is 19.2 Å². The highest BCUT2D eigenvalue weighted by Crippen LogP contribution is 2.34. The number of ether oxygens (including phenoxy) is 1. The Morgan fingerprint density at radius 2 is 1.79 bits per heavy atom. The highest BCUT2D eigenvalue weighted by molar-refractivity contribution is 7.89. The van der Waals surface area contributed by atoms with E-state index in [0.29, 0.717) is 18.8 Å². The van der Waals surface area contributed by atoms with Crippen molar-refractivity contribution in [2.45, 2.75) is 30.6 Å². The second-order valence-corrected chi connectivity index (χ2v) is 8.37. The van der Waals surface area contributed by atoms with Gasteiger partial charge in [-0.2, -0.15) is 9.57 Å². The van der Waals surface area contributed by atoms with Crippen molar-refractivity contribution in [3.8, 4) is 17.6 Å². The molecule has 1 aliphatic rings. The molecule has 3 rings (SSSR count). The maximum Gasteiger partial charge on any atom is 0.312 e. The summed E-state index contributed by atoms with van der Waals surface area (Å²) in [4.78, 5) is 10.7. The fourth-order valence-electron chi connectivity index (χ4n) is 3.03. The van der Waals surface area contributed by atoms with Gasteiger partial charge in [-0.05, 0) is 42.7 Å². The van der Waals surface area contributed by atoms with E-state index in [1.165, 1.54) is 16.4 Å². The van der Waals surface area contributed by atoms with E-state index < -0.39 is 20.6 Å². The number of rotatable bonds is 6. The minimum Gasteiger partial charge on any atom is -0.450 e. The van der Waals surface area contributed by atoms with E-state index in [0.717, 1.165) is 30.9 Å². The molecule has 9 heteroatoms. The minimum absolute atomic E-state index is 0.0457. The second kappa shape index (κ2) is 8.37. The van der Waals surface area contributed by atoms with Crippen LogP contribution in [-0.4, -0.2) is 30.7 Å². The van der Waals surface area contributed by atoms with Crippen molar-refractivity contribution in [1.82, 2.24) is 4.31 Å². The third-order valence-electron chi connectivity index (χ3n) is 4.51. The Balaban J connectivity index is 1.89. The fourth-order valence-corrected chi connectivity index (χ4v) is 4.57. The van der Waals surface area contributed by atoms with Crippen molar-refractivity contribution in [2.24, 2.45) is 0 Å². The van der Waals surface area contributed by atoms with Gasteiger partial charge in [0.25, 0.3) is 0 Å². The summed E-state index contributed by atoms with van der Waals surface area (Å²) in [6, 6.07) is 12.3. The first kappa shape index (κ1) is 19.8. The third-order valence-corrected chi connectivity index (χ3v) is 6.41. The Morgan fingerprint density at radius 1 is 1.11 bits per heavy atom. The Kier molecular flexibility index (Phi) is 5.92. The maximum absolute atomic E-state index is 12.8. The molecular formula is C19H19N3O5S. The molecule has 0 amide bonds.